The number of nitrogens with zero attached hydrogens (tertiary/aromatic N) is 2. The lowest BCUT2D eigenvalue weighted by Crippen LogP contribution is -2.10. The van der Waals surface area contributed by atoms with Gasteiger partial charge in [-0.05, 0) is 6.42 Å². The summed E-state index contributed by atoms with van der Waals surface area (Å²) in [6.07, 6.45) is 6.74. The average molecular weight is 219 g/mol. The van der Waals surface area contributed by atoms with Gasteiger partial charge in [0, 0.05) is 31.4 Å². The summed E-state index contributed by atoms with van der Waals surface area (Å²) in [5.74, 6) is 1.57. The Morgan fingerprint density at radius 1 is 1.31 bits per heavy atom. The largest absolute Gasteiger partial charge is 0.370 e. The molecular weight excluding hydrogens is 206 g/mol. The van der Waals surface area contributed by atoms with E-state index in [9.17, 15) is 4.79 Å². The van der Waals surface area contributed by atoms with E-state index in [4.69, 9.17) is 0 Å². The highest BCUT2D eigenvalue weighted by atomic mass is 16.1. The molecule has 0 radical (unpaired) electrons. The van der Waals surface area contributed by atoms with Gasteiger partial charge in [-0.25, -0.2) is 9.97 Å². The molecule has 0 spiro atoms. The van der Waals surface area contributed by atoms with Gasteiger partial charge in [0.1, 0.15) is 11.6 Å². The number of imidazole rings is 1. The van der Waals surface area contributed by atoms with Gasteiger partial charge in [-0.1, -0.05) is 0 Å². The van der Waals surface area contributed by atoms with E-state index in [1.165, 1.54) is 12.4 Å². The maximum atomic E-state index is 11.0. The van der Waals surface area contributed by atoms with Crippen molar-refractivity contribution in [3.8, 4) is 0 Å². The van der Waals surface area contributed by atoms with Crippen LogP contribution >= 0.6 is 0 Å². The molecule has 0 aliphatic heterocycles. The van der Waals surface area contributed by atoms with Gasteiger partial charge in [0.05, 0.1) is 6.33 Å². The number of anilines is 1. The van der Waals surface area contributed by atoms with Gasteiger partial charge < -0.3 is 15.3 Å². The number of aryl methyl sites for hydroxylation is 1. The average Bonchev–Trinajstić information content (AvgIpc) is 2.77. The first-order valence-corrected chi connectivity index (χ1v) is 5.11. The Morgan fingerprint density at radius 3 is 3.00 bits per heavy atom. The molecule has 0 atom stereocenters. The fourth-order valence-corrected chi connectivity index (χ4v) is 1.37. The second kappa shape index (κ2) is 5.11. The molecule has 0 aliphatic rings. The number of aromatic nitrogens is 4. The zero-order valence-electron chi connectivity index (χ0n) is 8.73. The van der Waals surface area contributed by atoms with Crippen molar-refractivity contribution in [2.45, 2.75) is 12.8 Å². The minimum absolute atomic E-state index is 0.150. The quantitative estimate of drug-likeness (QED) is 0.640. The van der Waals surface area contributed by atoms with Crippen molar-refractivity contribution in [2.24, 2.45) is 0 Å². The second-order valence-corrected chi connectivity index (χ2v) is 3.36. The Labute approximate surface area is 92.2 Å². The van der Waals surface area contributed by atoms with Gasteiger partial charge in [-0.2, -0.15) is 0 Å². The number of hydrogen-bond acceptors (Lipinski definition) is 4. The van der Waals surface area contributed by atoms with Crippen LogP contribution in [-0.2, 0) is 6.42 Å². The molecule has 6 nitrogen and oxygen atoms in total. The maximum Gasteiger partial charge on any atom is 0.252 e. The number of aromatic amines is 2. The van der Waals surface area contributed by atoms with Crippen LogP contribution in [0.2, 0.25) is 0 Å². The van der Waals surface area contributed by atoms with Crippen LogP contribution in [-0.4, -0.2) is 26.5 Å². The van der Waals surface area contributed by atoms with Crippen LogP contribution in [0.4, 0.5) is 5.82 Å². The van der Waals surface area contributed by atoms with Crippen LogP contribution in [0.25, 0.3) is 0 Å². The fraction of sp³-hybridized carbons (Fsp3) is 0.300. The van der Waals surface area contributed by atoms with E-state index in [0.29, 0.717) is 5.82 Å². The maximum absolute atomic E-state index is 11.0. The molecule has 0 saturated heterocycles. The predicted molar refractivity (Wildman–Crippen MR) is 60.3 cm³/mol. The molecular formula is C10H13N5O. The number of hydrogen-bond donors (Lipinski definition) is 3. The Balaban J connectivity index is 1.74. The van der Waals surface area contributed by atoms with Gasteiger partial charge in [-0.15, -0.1) is 0 Å². The smallest absolute Gasteiger partial charge is 0.252 e. The summed E-state index contributed by atoms with van der Waals surface area (Å²) in [6, 6.07) is 1.44. The van der Waals surface area contributed by atoms with Gasteiger partial charge in [-0.3, -0.25) is 4.79 Å². The monoisotopic (exact) mass is 219 g/mol. The summed E-state index contributed by atoms with van der Waals surface area (Å²) in [5.41, 5.74) is -0.150. The summed E-state index contributed by atoms with van der Waals surface area (Å²) in [6.45, 7) is 0.761. The lowest BCUT2D eigenvalue weighted by Gasteiger charge is -2.03. The highest BCUT2D eigenvalue weighted by Crippen LogP contribution is 1.98. The summed E-state index contributed by atoms with van der Waals surface area (Å²) >= 11 is 0. The van der Waals surface area contributed by atoms with Crippen LogP contribution in [0.1, 0.15) is 12.2 Å². The molecule has 16 heavy (non-hydrogen) atoms. The molecule has 0 bridgehead atoms. The standard InChI is InChI=1S/C10H13N5O/c16-10-6-9(14-7-15-10)11-3-1-2-8-12-4-5-13-8/h4-7H,1-3H2,(H,12,13)(H2,11,14,15,16). The Hall–Kier alpha value is -2.11. The molecule has 3 N–H and O–H groups in total. The van der Waals surface area contributed by atoms with Crippen molar-refractivity contribution in [2.75, 3.05) is 11.9 Å². The Bertz CT molecular complexity index is 476. The highest BCUT2D eigenvalue weighted by Gasteiger charge is 1.96. The molecule has 2 aromatic rings. The van der Waals surface area contributed by atoms with Crippen molar-refractivity contribution >= 4 is 5.82 Å². The second-order valence-electron chi connectivity index (χ2n) is 3.36. The van der Waals surface area contributed by atoms with Crippen LogP contribution in [0.3, 0.4) is 0 Å². The molecule has 2 aromatic heterocycles. The van der Waals surface area contributed by atoms with Crippen molar-refractivity contribution < 1.29 is 0 Å². The SMILES string of the molecule is O=c1cc(NCCCc2ncc[nH]2)nc[nH]1. The van der Waals surface area contributed by atoms with Crippen molar-refractivity contribution in [3.63, 3.8) is 0 Å². The van der Waals surface area contributed by atoms with Crippen LogP contribution < -0.4 is 10.9 Å². The van der Waals surface area contributed by atoms with Crippen LogP contribution in [0.5, 0.6) is 0 Å². The van der Waals surface area contributed by atoms with Gasteiger partial charge in [0.15, 0.2) is 0 Å². The fourth-order valence-electron chi connectivity index (χ4n) is 1.37. The molecule has 0 aromatic carbocycles. The summed E-state index contributed by atoms with van der Waals surface area (Å²) in [5, 5.41) is 3.08. The lowest BCUT2D eigenvalue weighted by molar-refractivity contribution is 0.813. The van der Waals surface area contributed by atoms with Crippen LogP contribution in [0.15, 0.2) is 29.6 Å². The molecule has 0 amide bonds. The van der Waals surface area contributed by atoms with E-state index < -0.39 is 0 Å². The van der Waals surface area contributed by atoms with E-state index in [-0.39, 0.29) is 5.56 Å². The number of rotatable bonds is 5. The third kappa shape index (κ3) is 2.94. The molecule has 0 fully saturated rings. The lowest BCUT2D eigenvalue weighted by atomic mass is 10.3. The minimum Gasteiger partial charge on any atom is -0.370 e. The number of nitrogens with one attached hydrogen (secondary N) is 3. The molecule has 0 saturated carbocycles. The molecule has 0 unspecified atom stereocenters. The third-order valence-corrected chi connectivity index (χ3v) is 2.13. The van der Waals surface area contributed by atoms with Gasteiger partial charge >= 0.3 is 0 Å². The van der Waals surface area contributed by atoms with Gasteiger partial charge in [0.25, 0.3) is 5.56 Å². The number of H-pyrrole nitrogens is 2. The molecule has 2 heterocycles. The Kier molecular flexibility index (Phi) is 3.32. The van der Waals surface area contributed by atoms with Crippen molar-refractivity contribution in [1.82, 2.24) is 19.9 Å². The summed E-state index contributed by atoms with van der Waals surface area (Å²) in [4.78, 5) is 24.6. The van der Waals surface area contributed by atoms with E-state index in [1.54, 1.807) is 12.4 Å². The van der Waals surface area contributed by atoms with Gasteiger partial charge in [0.2, 0.25) is 0 Å². The van der Waals surface area contributed by atoms with Crippen LogP contribution in [0, 0.1) is 0 Å². The summed E-state index contributed by atoms with van der Waals surface area (Å²) < 4.78 is 0. The molecule has 0 aliphatic carbocycles. The molecule has 6 heteroatoms. The molecule has 84 valence electrons. The third-order valence-electron chi connectivity index (χ3n) is 2.13. The van der Waals surface area contributed by atoms with E-state index in [2.05, 4.69) is 25.3 Å². The zero-order valence-corrected chi connectivity index (χ0v) is 8.73. The first-order valence-electron chi connectivity index (χ1n) is 5.11. The van der Waals surface area contributed by atoms with E-state index in [0.717, 1.165) is 25.2 Å². The first kappa shape index (κ1) is 10.4. The van der Waals surface area contributed by atoms with E-state index >= 15 is 0 Å². The van der Waals surface area contributed by atoms with Crippen molar-refractivity contribution in [1.29, 1.82) is 0 Å². The molecule has 2 rings (SSSR count). The highest BCUT2D eigenvalue weighted by molar-refractivity contribution is 5.31. The normalized spacial score (nSPS) is 10.2. The Morgan fingerprint density at radius 2 is 2.25 bits per heavy atom. The predicted octanol–water partition coefficient (Wildman–Crippen LogP) is 0.538. The first-order chi connectivity index (χ1) is 7.84. The topological polar surface area (TPSA) is 86.5 Å². The zero-order chi connectivity index (χ0) is 11.2. The minimum atomic E-state index is -0.150. The summed E-state index contributed by atoms with van der Waals surface area (Å²) in [7, 11) is 0. The van der Waals surface area contributed by atoms with Crippen molar-refractivity contribution in [3.05, 3.63) is 41.0 Å². The van der Waals surface area contributed by atoms with E-state index in [1.807, 2.05) is 0 Å².